The predicted octanol–water partition coefficient (Wildman–Crippen LogP) is 1.89. The van der Waals surface area contributed by atoms with Crippen molar-refractivity contribution in [1.29, 1.82) is 0 Å². The highest BCUT2D eigenvalue weighted by Gasteiger charge is 2.31. The maximum absolute atomic E-state index is 12.6. The summed E-state index contributed by atoms with van der Waals surface area (Å²) in [6.07, 6.45) is 1.58. The lowest BCUT2D eigenvalue weighted by molar-refractivity contribution is -0.142. The van der Waals surface area contributed by atoms with E-state index in [9.17, 15) is 4.79 Å². The second-order valence-electron chi connectivity index (χ2n) is 8.11. The Balaban J connectivity index is 1.35. The van der Waals surface area contributed by atoms with Crippen LogP contribution in [0.15, 0.2) is 35.3 Å². The summed E-state index contributed by atoms with van der Waals surface area (Å²) in [5, 5.41) is 8.23. The van der Waals surface area contributed by atoms with Gasteiger partial charge in [-0.2, -0.15) is 5.10 Å². The zero-order chi connectivity index (χ0) is 21.8. The molecule has 1 N–H and O–H groups in total. The molecule has 2 aliphatic rings. The van der Waals surface area contributed by atoms with Crippen molar-refractivity contribution in [1.82, 2.24) is 24.9 Å². The van der Waals surface area contributed by atoms with E-state index in [4.69, 9.17) is 9.84 Å². The summed E-state index contributed by atoms with van der Waals surface area (Å²) in [6, 6.07) is 10.2. The van der Waals surface area contributed by atoms with Crippen molar-refractivity contribution in [3.8, 4) is 5.69 Å². The summed E-state index contributed by atoms with van der Waals surface area (Å²) in [6.45, 7) is 8.42. The SMILES string of the molecule is CN=C(NCc1c(C)nn(-c2ccccc2)c1C)N1CCN(C(=O)C2CCCO2)CC1. The first kappa shape index (κ1) is 21.4. The van der Waals surface area contributed by atoms with Gasteiger partial charge in [0.05, 0.1) is 11.4 Å². The van der Waals surface area contributed by atoms with Gasteiger partial charge >= 0.3 is 0 Å². The molecular weight excluding hydrogens is 392 g/mol. The van der Waals surface area contributed by atoms with Crippen LogP contribution in [0.4, 0.5) is 0 Å². The Hall–Kier alpha value is -2.87. The third-order valence-corrected chi connectivity index (χ3v) is 6.17. The maximum atomic E-state index is 12.6. The summed E-state index contributed by atoms with van der Waals surface area (Å²) >= 11 is 0. The number of piperazine rings is 1. The van der Waals surface area contributed by atoms with Gasteiger partial charge in [0, 0.05) is 57.6 Å². The monoisotopic (exact) mass is 424 g/mol. The molecule has 2 aliphatic heterocycles. The molecule has 2 saturated heterocycles. The zero-order valence-corrected chi connectivity index (χ0v) is 18.7. The molecule has 3 heterocycles. The van der Waals surface area contributed by atoms with Gasteiger partial charge in [-0.1, -0.05) is 18.2 Å². The number of carbonyl (C=O) groups is 1. The van der Waals surface area contributed by atoms with Crippen LogP contribution >= 0.6 is 0 Å². The van der Waals surface area contributed by atoms with Crippen LogP contribution < -0.4 is 5.32 Å². The number of carbonyl (C=O) groups excluding carboxylic acids is 1. The molecule has 8 heteroatoms. The number of para-hydroxylation sites is 1. The van der Waals surface area contributed by atoms with Crippen molar-refractivity contribution in [2.24, 2.45) is 4.99 Å². The minimum absolute atomic E-state index is 0.139. The summed E-state index contributed by atoms with van der Waals surface area (Å²) in [4.78, 5) is 21.2. The number of benzene rings is 1. The molecule has 1 atom stereocenters. The topological polar surface area (TPSA) is 75.0 Å². The number of aliphatic imine (C=N–C) groups is 1. The van der Waals surface area contributed by atoms with E-state index in [-0.39, 0.29) is 12.0 Å². The Morgan fingerprint density at radius 3 is 2.52 bits per heavy atom. The Morgan fingerprint density at radius 2 is 1.87 bits per heavy atom. The number of ether oxygens (including phenoxy) is 1. The minimum Gasteiger partial charge on any atom is -0.368 e. The number of amides is 1. The summed E-state index contributed by atoms with van der Waals surface area (Å²) in [7, 11) is 1.80. The van der Waals surface area contributed by atoms with Crippen molar-refractivity contribution in [3.05, 3.63) is 47.3 Å². The number of hydrogen-bond acceptors (Lipinski definition) is 4. The number of aryl methyl sites for hydroxylation is 1. The molecule has 0 radical (unpaired) electrons. The van der Waals surface area contributed by atoms with Gasteiger partial charge in [0.15, 0.2) is 5.96 Å². The number of guanidine groups is 1. The van der Waals surface area contributed by atoms with E-state index in [0.29, 0.717) is 26.2 Å². The fourth-order valence-electron chi connectivity index (χ4n) is 4.37. The normalized spacial score (nSPS) is 19.7. The van der Waals surface area contributed by atoms with Gasteiger partial charge in [-0.15, -0.1) is 0 Å². The Kier molecular flexibility index (Phi) is 6.56. The van der Waals surface area contributed by atoms with Crippen LogP contribution in [0.2, 0.25) is 0 Å². The molecule has 1 aromatic carbocycles. The molecule has 1 aromatic heterocycles. The van der Waals surface area contributed by atoms with Crippen LogP contribution in [0.5, 0.6) is 0 Å². The standard InChI is InChI=1S/C23H32N6O2/c1-17-20(18(2)29(26-17)19-8-5-4-6-9-19)16-25-23(24-3)28-13-11-27(12-14-28)22(30)21-10-7-15-31-21/h4-6,8-9,21H,7,10-16H2,1-3H3,(H,24,25). The van der Waals surface area contributed by atoms with Gasteiger partial charge < -0.3 is 19.9 Å². The number of rotatable bonds is 4. The molecule has 1 unspecified atom stereocenters. The van der Waals surface area contributed by atoms with Crippen molar-refractivity contribution >= 4 is 11.9 Å². The van der Waals surface area contributed by atoms with Gasteiger partial charge in [0.25, 0.3) is 5.91 Å². The van der Waals surface area contributed by atoms with Crippen LogP contribution in [-0.4, -0.2) is 77.4 Å². The summed E-state index contributed by atoms with van der Waals surface area (Å²) in [5.74, 6) is 0.996. The lowest BCUT2D eigenvalue weighted by atomic mass is 10.2. The van der Waals surface area contributed by atoms with E-state index in [2.05, 4.69) is 34.3 Å². The molecule has 8 nitrogen and oxygen atoms in total. The van der Waals surface area contributed by atoms with Gasteiger partial charge in [0.2, 0.25) is 0 Å². The molecular formula is C23H32N6O2. The van der Waals surface area contributed by atoms with E-state index in [1.54, 1.807) is 7.05 Å². The van der Waals surface area contributed by atoms with E-state index < -0.39 is 0 Å². The molecule has 0 spiro atoms. The van der Waals surface area contributed by atoms with Gasteiger partial charge in [0.1, 0.15) is 6.10 Å². The Labute approximate surface area is 183 Å². The van der Waals surface area contributed by atoms with Gasteiger partial charge in [-0.25, -0.2) is 4.68 Å². The zero-order valence-electron chi connectivity index (χ0n) is 18.7. The van der Waals surface area contributed by atoms with Crippen LogP contribution in [-0.2, 0) is 16.1 Å². The summed E-state index contributed by atoms with van der Waals surface area (Å²) < 4.78 is 7.55. The smallest absolute Gasteiger partial charge is 0.251 e. The summed E-state index contributed by atoms with van der Waals surface area (Å²) in [5.41, 5.74) is 4.37. The predicted molar refractivity (Wildman–Crippen MR) is 120 cm³/mol. The highest BCUT2D eigenvalue weighted by atomic mass is 16.5. The second-order valence-corrected chi connectivity index (χ2v) is 8.11. The fourth-order valence-corrected chi connectivity index (χ4v) is 4.37. The lowest BCUT2D eigenvalue weighted by Gasteiger charge is -2.37. The van der Waals surface area contributed by atoms with Gasteiger partial charge in [-0.3, -0.25) is 9.79 Å². The largest absolute Gasteiger partial charge is 0.368 e. The number of nitrogens with one attached hydrogen (secondary N) is 1. The van der Waals surface area contributed by atoms with Crippen LogP contribution in [0, 0.1) is 13.8 Å². The Bertz CT molecular complexity index is 925. The highest BCUT2D eigenvalue weighted by Crippen LogP contribution is 2.18. The van der Waals surface area contributed by atoms with Crippen LogP contribution in [0.25, 0.3) is 5.69 Å². The van der Waals surface area contributed by atoms with Gasteiger partial charge in [-0.05, 0) is 38.8 Å². The molecule has 4 rings (SSSR count). The maximum Gasteiger partial charge on any atom is 0.251 e. The number of aromatic nitrogens is 2. The lowest BCUT2D eigenvalue weighted by Crippen LogP contribution is -2.55. The first-order valence-corrected chi connectivity index (χ1v) is 11.0. The van der Waals surface area contributed by atoms with E-state index >= 15 is 0 Å². The Morgan fingerprint density at radius 1 is 1.16 bits per heavy atom. The van der Waals surface area contributed by atoms with Crippen molar-refractivity contribution in [3.63, 3.8) is 0 Å². The molecule has 0 bridgehead atoms. The molecule has 2 aromatic rings. The number of nitrogens with zero attached hydrogens (tertiary/aromatic N) is 5. The van der Waals surface area contributed by atoms with E-state index in [0.717, 1.165) is 49.0 Å². The third kappa shape index (κ3) is 4.58. The molecule has 2 fully saturated rings. The second kappa shape index (κ2) is 9.51. The first-order valence-electron chi connectivity index (χ1n) is 11.0. The molecule has 166 valence electrons. The van der Waals surface area contributed by atoms with E-state index in [1.807, 2.05) is 34.7 Å². The third-order valence-electron chi connectivity index (χ3n) is 6.17. The number of hydrogen-bond donors (Lipinski definition) is 1. The quantitative estimate of drug-likeness (QED) is 0.599. The van der Waals surface area contributed by atoms with Crippen molar-refractivity contribution in [2.45, 2.75) is 39.3 Å². The van der Waals surface area contributed by atoms with Crippen molar-refractivity contribution in [2.75, 3.05) is 39.8 Å². The first-order chi connectivity index (χ1) is 15.1. The van der Waals surface area contributed by atoms with E-state index in [1.165, 1.54) is 5.56 Å². The molecule has 0 saturated carbocycles. The minimum atomic E-state index is -0.240. The molecule has 31 heavy (non-hydrogen) atoms. The van der Waals surface area contributed by atoms with Crippen LogP contribution in [0.3, 0.4) is 0 Å². The molecule has 1 amide bonds. The average Bonchev–Trinajstić information content (AvgIpc) is 3.44. The molecule has 0 aliphatic carbocycles. The van der Waals surface area contributed by atoms with Crippen LogP contribution in [0.1, 0.15) is 29.8 Å². The highest BCUT2D eigenvalue weighted by molar-refractivity contribution is 5.82. The average molecular weight is 425 g/mol. The van der Waals surface area contributed by atoms with Crippen molar-refractivity contribution < 1.29 is 9.53 Å². The fraction of sp³-hybridized carbons (Fsp3) is 0.522.